The van der Waals surface area contributed by atoms with Gasteiger partial charge in [-0.25, -0.2) is 9.69 Å². The zero-order valence-electron chi connectivity index (χ0n) is 29.3. The molecule has 1 heterocycles. The number of hydrogen-bond acceptors (Lipinski definition) is 4. The van der Waals surface area contributed by atoms with Gasteiger partial charge >= 0.3 is 6.09 Å². The number of ether oxygens (including phenoxy) is 1. The van der Waals surface area contributed by atoms with Gasteiger partial charge in [0.1, 0.15) is 0 Å². The van der Waals surface area contributed by atoms with Crippen LogP contribution in [0.1, 0.15) is 66.0 Å². The van der Waals surface area contributed by atoms with E-state index >= 15 is 0 Å². The summed E-state index contributed by atoms with van der Waals surface area (Å²) in [6.45, 7) is 15.1. The van der Waals surface area contributed by atoms with E-state index in [0.717, 1.165) is 17.5 Å². The van der Waals surface area contributed by atoms with Crippen LogP contribution in [0.5, 0.6) is 0 Å². The number of carbonyl (C=O) groups is 2. The van der Waals surface area contributed by atoms with Gasteiger partial charge in [0.05, 0.1) is 12.1 Å². The summed E-state index contributed by atoms with van der Waals surface area (Å²) >= 11 is 0. The molecule has 0 radical (unpaired) electrons. The first-order valence-electron chi connectivity index (χ1n) is 17.1. The zero-order chi connectivity index (χ0) is 34.5. The van der Waals surface area contributed by atoms with E-state index in [0.29, 0.717) is 0 Å². The van der Waals surface area contributed by atoms with Gasteiger partial charge in [-0.2, -0.15) is 0 Å². The number of carbonyl (C=O) groups excluding carboxylic acids is 2. The monoisotopic (exact) mass is 659 g/mol. The van der Waals surface area contributed by atoms with Crippen molar-refractivity contribution < 1.29 is 18.8 Å². The molecule has 1 saturated heterocycles. The first-order chi connectivity index (χ1) is 23.0. The van der Waals surface area contributed by atoms with Crippen molar-refractivity contribution in [1.29, 1.82) is 0 Å². The van der Waals surface area contributed by atoms with Crippen molar-refractivity contribution in [1.82, 2.24) is 4.90 Å². The Balaban J connectivity index is 1.49. The second-order valence-electron chi connectivity index (χ2n) is 14.2. The quantitative estimate of drug-likeness (QED) is 0.120. The van der Waals surface area contributed by atoms with E-state index < -0.39 is 26.1 Å². The molecule has 0 aromatic heterocycles. The normalized spacial score (nSPS) is 17.8. The van der Waals surface area contributed by atoms with E-state index in [9.17, 15) is 9.59 Å². The summed E-state index contributed by atoms with van der Waals surface area (Å²) in [6.07, 6.45) is 3.41. The van der Waals surface area contributed by atoms with Crippen LogP contribution in [0.2, 0.25) is 5.04 Å². The highest BCUT2D eigenvalue weighted by Gasteiger charge is 2.59. The maximum atomic E-state index is 14.1. The van der Waals surface area contributed by atoms with Gasteiger partial charge in [0.15, 0.2) is 5.60 Å². The van der Waals surface area contributed by atoms with E-state index in [-0.39, 0.29) is 28.9 Å². The summed E-state index contributed by atoms with van der Waals surface area (Å²) < 4.78 is 13.8. The van der Waals surface area contributed by atoms with Crippen LogP contribution < -0.4 is 10.4 Å². The van der Waals surface area contributed by atoms with Crippen LogP contribution in [-0.2, 0) is 19.6 Å². The topological polar surface area (TPSA) is 55.8 Å². The number of benzene rings is 4. The fourth-order valence-corrected chi connectivity index (χ4v) is 12.3. The Morgan fingerprint density at radius 3 is 1.65 bits per heavy atom. The number of hydrogen-bond donors (Lipinski definition) is 0. The Labute approximate surface area is 287 Å². The van der Waals surface area contributed by atoms with Crippen LogP contribution in [0.15, 0.2) is 133 Å². The first-order valence-corrected chi connectivity index (χ1v) is 19.0. The average Bonchev–Trinajstić information content (AvgIpc) is 3.43. The van der Waals surface area contributed by atoms with Gasteiger partial charge in [0.25, 0.3) is 14.2 Å². The summed E-state index contributed by atoms with van der Waals surface area (Å²) in [6, 6.07) is 40.2. The molecule has 4 aromatic carbocycles. The molecule has 2 amide bonds. The van der Waals surface area contributed by atoms with E-state index in [2.05, 4.69) is 83.1 Å². The van der Waals surface area contributed by atoms with Crippen LogP contribution in [0.25, 0.3) is 0 Å². The van der Waals surface area contributed by atoms with Gasteiger partial charge in [-0.1, -0.05) is 176 Å². The van der Waals surface area contributed by atoms with Crippen molar-refractivity contribution in [2.45, 2.75) is 77.7 Å². The predicted octanol–water partition coefficient (Wildman–Crippen LogP) is 8.48. The fraction of sp³-hybridized carbons (Fsp3) is 0.333. The molecule has 0 aliphatic carbocycles. The molecule has 1 aliphatic heterocycles. The molecule has 1 aliphatic rings. The van der Waals surface area contributed by atoms with E-state index in [1.165, 1.54) is 15.3 Å². The Hall–Kier alpha value is -4.26. The summed E-state index contributed by atoms with van der Waals surface area (Å²) in [7, 11) is -2.81. The van der Waals surface area contributed by atoms with E-state index in [1.54, 1.807) is 6.08 Å². The lowest BCUT2D eigenvalue weighted by Gasteiger charge is -2.46. The Kier molecular flexibility index (Phi) is 10.6. The standard InChI is InChI=1S/C42H49NO4Si/c1-8-37(47-48(41(5,6)7,35-25-17-11-18-26-35)36-27-19-12-20-28-36)32(4)29-30-38(44)43-39(31(2)3)42(46-40(43)45,33-21-13-9-14-22-33)34-23-15-10-16-24-34/h9-32,37,39H,8H2,1-7H3/b30-29+/t32-,37+,39+/m1/s1. The van der Waals surface area contributed by atoms with Crippen molar-refractivity contribution in [3.8, 4) is 0 Å². The second kappa shape index (κ2) is 14.5. The summed E-state index contributed by atoms with van der Waals surface area (Å²) in [5.74, 6) is -0.585. The number of nitrogens with zero attached hydrogens (tertiary/aromatic N) is 1. The van der Waals surface area contributed by atoms with Crippen molar-refractivity contribution in [2.24, 2.45) is 11.8 Å². The molecule has 0 saturated carbocycles. The Bertz CT molecular complexity index is 1600. The molecule has 0 spiro atoms. The van der Waals surface area contributed by atoms with Gasteiger partial charge in [-0.05, 0) is 33.7 Å². The Morgan fingerprint density at radius 1 is 0.812 bits per heavy atom. The zero-order valence-corrected chi connectivity index (χ0v) is 30.3. The predicted molar refractivity (Wildman–Crippen MR) is 197 cm³/mol. The van der Waals surface area contributed by atoms with Crippen LogP contribution in [0.4, 0.5) is 4.79 Å². The highest BCUT2D eigenvalue weighted by molar-refractivity contribution is 6.99. The number of amides is 2. The lowest BCUT2D eigenvalue weighted by molar-refractivity contribution is -0.125. The minimum atomic E-state index is -2.81. The molecule has 3 atom stereocenters. The number of imide groups is 1. The van der Waals surface area contributed by atoms with Crippen LogP contribution in [-0.4, -0.2) is 37.4 Å². The molecule has 6 heteroatoms. The third-order valence-corrected chi connectivity index (χ3v) is 14.8. The number of rotatable bonds is 11. The molecule has 5 rings (SSSR count). The summed E-state index contributed by atoms with van der Waals surface area (Å²) in [5.41, 5.74) is 0.530. The molecule has 1 fully saturated rings. The van der Waals surface area contributed by atoms with Crippen molar-refractivity contribution in [3.05, 3.63) is 145 Å². The smallest absolute Gasteiger partial charge is 0.418 e. The Morgan fingerprint density at radius 2 is 1.25 bits per heavy atom. The molecular weight excluding hydrogens is 611 g/mol. The van der Waals surface area contributed by atoms with Gasteiger partial charge in [0.2, 0.25) is 0 Å². The van der Waals surface area contributed by atoms with E-state index in [1.807, 2.05) is 92.7 Å². The second-order valence-corrected chi connectivity index (χ2v) is 18.4. The molecule has 0 bridgehead atoms. The summed E-state index contributed by atoms with van der Waals surface area (Å²) in [4.78, 5) is 29.2. The summed E-state index contributed by atoms with van der Waals surface area (Å²) in [5, 5.41) is 2.25. The van der Waals surface area contributed by atoms with Crippen molar-refractivity contribution in [2.75, 3.05) is 0 Å². The minimum Gasteiger partial charge on any atom is -0.430 e. The molecule has 250 valence electrons. The fourth-order valence-electron chi connectivity index (χ4n) is 7.45. The van der Waals surface area contributed by atoms with Gasteiger partial charge in [-0.3, -0.25) is 4.79 Å². The largest absolute Gasteiger partial charge is 0.430 e. The van der Waals surface area contributed by atoms with Crippen LogP contribution >= 0.6 is 0 Å². The lowest BCUT2D eigenvalue weighted by Crippen LogP contribution is -2.68. The SMILES string of the molecule is CC[C@H](O[Si](c1ccccc1)(c1ccccc1)C(C)(C)C)[C@H](C)/C=C/C(=O)N1C(=O)OC(c2ccccc2)(c2ccccc2)[C@@H]1C(C)C. The lowest BCUT2D eigenvalue weighted by atomic mass is 9.75. The van der Waals surface area contributed by atoms with Gasteiger partial charge in [0, 0.05) is 17.2 Å². The van der Waals surface area contributed by atoms with Gasteiger partial charge in [-0.15, -0.1) is 0 Å². The molecule has 4 aromatic rings. The van der Waals surface area contributed by atoms with Crippen LogP contribution in [0.3, 0.4) is 0 Å². The number of cyclic esters (lactones) is 1. The maximum absolute atomic E-state index is 14.1. The van der Waals surface area contributed by atoms with Gasteiger partial charge < -0.3 is 9.16 Å². The third-order valence-electron chi connectivity index (χ3n) is 9.69. The molecule has 5 nitrogen and oxygen atoms in total. The van der Waals surface area contributed by atoms with Crippen molar-refractivity contribution in [3.63, 3.8) is 0 Å². The maximum Gasteiger partial charge on any atom is 0.418 e. The first kappa shape index (κ1) is 35.1. The van der Waals surface area contributed by atoms with Crippen LogP contribution in [0, 0.1) is 11.8 Å². The molecule has 0 N–H and O–H groups in total. The minimum absolute atomic E-state index is 0.0893. The highest BCUT2D eigenvalue weighted by Crippen LogP contribution is 2.47. The average molecular weight is 660 g/mol. The third kappa shape index (κ3) is 6.44. The molecule has 0 unspecified atom stereocenters. The van der Waals surface area contributed by atoms with Crippen molar-refractivity contribution >= 4 is 30.7 Å². The van der Waals surface area contributed by atoms with E-state index in [4.69, 9.17) is 9.16 Å². The molecular formula is C42H49NO4Si. The molecule has 48 heavy (non-hydrogen) atoms. The highest BCUT2D eigenvalue weighted by atomic mass is 28.4.